The second kappa shape index (κ2) is 8.58. The Bertz CT molecular complexity index is 1210. The van der Waals surface area contributed by atoms with E-state index < -0.39 is 25.9 Å². The maximum Gasteiger partial charge on any atom is 0.241 e. The van der Waals surface area contributed by atoms with E-state index in [2.05, 4.69) is 6.92 Å². The standard InChI is InChI=1S/C22H27N3O5S2/c1-2-16-3-7-18(8-4-16)25-21-15-31(27,28)14-20(21)24(13-22(25)26)12-11-17-5-9-19(10-6-17)32(23,29)30/h3-10,20-21H,2,11-15H2,1H3,(H2,23,29,30)/t20-,21+/m0/s1. The number of carbonyl (C=O) groups is 1. The average molecular weight is 478 g/mol. The molecule has 0 spiro atoms. The lowest BCUT2D eigenvalue weighted by atomic mass is 10.0. The Kier molecular flexibility index (Phi) is 6.15. The molecule has 2 aliphatic heterocycles. The van der Waals surface area contributed by atoms with Crippen LogP contribution in [-0.4, -0.2) is 64.3 Å². The van der Waals surface area contributed by atoms with Crippen molar-refractivity contribution in [2.24, 2.45) is 5.14 Å². The number of benzene rings is 2. The Morgan fingerprint density at radius 3 is 2.16 bits per heavy atom. The first-order valence-electron chi connectivity index (χ1n) is 10.5. The number of carbonyl (C=O) groups excluding carboxylic acids is 1. The summed E-state index contributed by atoms with van der Waals surface area (Å²) in [6, 6.07) is 13.3. The molecule has 8 nitrogen and oxygen atoms in total. The van der Waals surface area contributed by atoms with E-state index in [-0.39, 0.29) is 34.9 Å². The van der Waals surface area contributed by atoms with Crippen LogP contribution in [0.15, 0.2) is 53.4 Å². The normalized spacial score (nSPS) is 23.3. The van der Waals surface area contributed by atoms with Gasteiger partial charge < -0.3 is 4.90 Å². The van der Waals surface area contributed by atoms with Gasteiger partial charge >= 0.3 is 0 Å². The lowest BCUT2D eigenvalue weighted by molar-refractivity contribution is -0.123. The Morgan fingerprint density at radius 1 is 0.969 bits per heavy atom. The van der Waals surface area contributed by atoms with Gasteiger partial charge in [0.15, 0.2) is 9.84 Å². The summed E-state index contributed by atoms with van der Waals surface area (Å²) in [4.78, 5) is 16.7. The van der Waals surface area contributed by atoms with Gasteiger partial charge in [-0.25, -0.2) is 22.0 Å². The molecule has 0 radical (unpaired) electrons. The Labute approximate surface area is 189 Å². The summed E-state index contributed by atoms with van der Waals surface area (Å²) in [5.41, 5.74) is 2.78. The van der Waals surface area contributed by atoms with E-state index in [1.54, 1.807) is 17.0 Å². The zero-order valence-electron chi connectivity index (χ0n) is 17.8. The van der Waals surface area contributed by atoms with Crippen LogP contribution >= 0.6 is 0 Å². The molecule has 2 aromatic rings. The van der Waals surface area contributed by atoms with Crippen LogP contribution in [0.5, 0.6) is 0 Å². The van der Waals surface area contributed by atoms with Crippen molar-refractivity contribution in [2.45, 2.75) is 36.7 Å². The third-order valence-corrected chi connectivity index (χ3v) is 8.89. The van der Waals surface area contributed by atoms with Crippen LogP contribution in [0.4, 0.5) is 5.69 Å². The summed E-state index contributed by atoms with van der Waals surface area (Å²) in [6.45, 7) is 2.70. The fourth-order valence-corrected chi connectivity index (χ4v) is 7.05. The molecule has 2 heterocycles. The highest BCUT2D eigenvalue weighted by molar-refractivity contribution is 7.91. The molecule has 0 aliphatic carbocycles. The number of fused-ring (bicyclic) bond motifs is 1. The monoisotopic (exact) mass is 477 g/mol. The number of hydrogen-bond acceptors (Lipinski definition) is 6. The van der Waals surface area contributed by atoms with Gasteiger partial charge in [-0.1, -0.05) is 31.2 Å². The highest BCUT2D eigenvalue weighted by Gasteiger charge is 2.49. The van der Waals surface area contributed by atoms with E-state index in [4.69, 9.17) is 5.14 Å². The average Bonchev–Trinajstić information content (AvgIpc) is 3.07. The predicted molar refractivity (Wildman–Crippen MR) is 123 cm³/mol. The molecule has 2 fully saturated rings. The zero-order valence-corrected chi connectivity index (χ0v) is 19.5. The third-order valence-electron chi connectivity index (χ3n) is 6.26. The highest BCUT2D eigenvalue weighted by atomic mass is 32.2. The molecule has 32 heavy (non-hydrogen) atoms. The smallest absolute Gasteiger partial charge is 0.241 e. The molecule has 2 N–H and O–H groups in total. The van der Waals surface area contributed by atoms with Crippen LogP contribution in [0.25, 0.3) is 0 Å². The molecule has 10 heteroatoms. The Morgan fingerprint density at radius 2 is 1.56 bits per heavy atom. The summed E-state index contributed by atoms with van der Waals surface area (Å²) in [5.74, 6) is -0.130. The molecule has 2 aromatic carbocycles. The van der Waals surface area contributed by atoms with Gasteiger partial charge in [0.1, 0.15) is 0 Å². The SMILES string of the molecule is CCc1ccc(N2C(=O)CN(CCc3ccc(S(N)(=O)=O)cc3)[C@H]3CS(=O)(=O)C[C@H]32)cc1. The largest absolute Gasteiger partial charge is 0.306 e. The maximum absolute atomic E-state index is 13.1. The van der Waals surface area contributed by atoms with E-state index in [9.17, 15) is 21.6 Å². The first kappa shape index (κ1) is 22.9. The molecule has 4 rings (SSSR count). The fraction of sp³-hybridized carbons (Fsp3) is 0.409. The lowest BCUT2D eigenvalue weighted by Gasteiger charge is -2.43. The van der Waals surface area contributed by atoms with Crippen molar-refractivity contribution in [1.29, 1.82) is 0 Å². The molecule has 0 aromatic heterocycles. The van der Waals surface area contributed by atoms with Crippen molar-refractivity contribution in [3.8, 4) is 0 Å². The van der Waals surface area contributed by atoms with E-state index in [1.165, 1.54) is 12.1 Å². The quantitative estimate of drug-likeness (QED) is 0.662. The number of amides is 1. The second-order valence-corrected chi connectivity index (χ2v) is 12.1. The molecule has 0 saturated carbocycles. The van der Waals surface area contributed by atoms with Crippen LogP contribution in [0.2, 0.25) is 0 Å². The van der Waals surface area contributed by atoms with Crippen LogP contribution in [0.1, 0.15) is 18.1 Å². The van der Waals surface area contributed by atoms with Gasteiger partial charge in [-0.15, -0.1) is 0 Å². The third kappa shape index (κ3) is 4.73. The van der Waals surface area contributed by atoms with Crippen molar-refractivity contribution >= 4 is 31.5 Å². The van der Waals surface area contributed by atoms with Crippen molar-refractivity contribution in [2.75, 3.05) is 29.5 Å². The topological polar surface area (TPSA) is 118 Å². The summed E-state index contributed by atoms with van der Waals surface area (Å²) in [5, 5.41) is 5.14. The second-order valence-electron chi connectivity index (χ2n) is 8.40. The van der Waals surface area contributed by atoms with E-state index >= 15 is 0 Å². The number of primary sulfonamides is 1. The fourth-order valence-electron chi connectivity index (χ4n) is 4.55. The van der Waals surface area contributed by atoms with E-state index in [0.717, 1.165) is 23.2 Å². The molecule has 2 saturated heterocycles. The van der Waals surface area contributed by atoms with Crippen molar-refractivity contribution in [1.82, 2.24) is 4.90 Å². The minimum atomic E-state index is -3.75. The molecule has 172 valence electrons. The van der Waals surface area contributed by atoms with Gasteiger partial charge in [0, 0.05) is 18.3 Å². The van der Waals surface area contributed by atoms with Crippen molar-refractivity contribution in [3.63, 3.8) is 0 Å². The van der Waals surface area contributed by atoms with Crippen molar-refractivity contribution < 1.29 is 21.6 Å². The number of piperazine rings is 1. The molecule has 2 atom stereocenters. The Balaban J connectivity index is 1.53. The molecule has 1 amide bonds. The lowest BCUT2D eigenvalue weighted by Crippen LogP contribution is -2.62. The molecule has 2 aliphatic rings. The number of sulfone groups is 1. The van der Waals surface area contributed by atoms with Gasteiger partial charge in [-0.3, -0.25) is 9.69 Å². The van der Waals surface area contributed by atoms with Crippen LogP contribution in [0.3, 0.4) is 0 Å². The van der Waals surface area contributed by atoms with Crippen LogP contribution < -0.4 is 10.0 Å². The van der Waals surface area contributed by atoms with Gasteiger partial charge in [0.05, 0.1) is 29.0 Å². The first-order chi connectivity index (χ1) is 15.1. The van der Waals surface area contributed by atoms with Gasteiger partial charge in [-0.2, -0.15) is 0 Å². The maximum atomic E-state index is 13.1. The number of hydrogen-bond donors (Lipinski definition) is 1. The summed E-state index contributed by atoms with van der Waals surface area (Å²) < 4.78 is 47.8. The Hall–Kier alpha value is -2.27. The minimum absolute atomic E-state index is 0.0266. The molecule has 0 bridgehead atoms. The summed E-state index contributed by atoms with van der Waals surface area (Å²) >= 11 is 0. The van der Waals surface area contributed by atoms with Gasteiger partial charge in [0.25, 0.3) is 0 Å². The molecule has 0 unspecified atom stereocenters. The van der Waals surface area contributed by atoms with Crippen molar-refractivity contribution in [3.05, 3.63) is 59.7 Å². The predicted octanol–water partition coefficient (Wildman–Crippen LogP) is 0.953. The number of aryl methyl sites for hydroxylation is 1. The van der Waals surface area contributed by atoms with Gasteiger partial charge in [-0.05, 0) is 48.2 Å². The summed E-state index contributed by atoms with van der Waals surface area (Å²) in [7, 11) is -7.01. The van der Waals surface area contributed by atoms with E-state index in [0.29, 0.717) is 13.0 Å². The number of nitrogens with zero attached hydrogens (tertiary/aromatic N) is 2. The summed E-state index contributed by atoms with van der Waals surface area (Å²) in [6.07, 6.45) is 1.45. The molecular weight excluding hydrogens is 450 g/mol. The minimum Gasteiger partial charge on any atom is -0.306 e. The van der Waals surface area contributed by atoms with Gasteiger partial charge in [0.2, 0.25) is 15.9 Å². The molecular formula is C22H27N3O5S2. The van der Waals surface area contributed by atoms with E-state index in [1.807, 2.05) is 29.2 Å². The zero-order chi connectivity index (χ0) is 23.1. The number of rotatable bonds is 6. The number of anilines is 1. The number of nitrogens with two attached hydrogens (primary N) is 1. The van der Waals surface area contributed by atoms with Crippen LogP contribution in [0, 0.1) is 0 Å². The highest BCUT2D eigenvalue weighted by Crippen LogP contribution is 2.32. The van der Waals surface area contributed by atoms with Crippen LogP contribution in [-0.2, 0) is 37.5 Å². The first-order valence-corrected chi connectivity index (χ1v) is 13.9. The number of sulfonamides is 1.